The van der Waals surface area contributed by atoms with E-state index >= 15 is 0 Å². The van der Waals surface area contributed by atoms with E-state index < -0.39 is 0 Å². The zero-order valence-electron chi connectivity index (χ0n) is 11.3. The highest BCUT2D eigenvalue weighted by atomic mass is 35.5. The molecule has 102 valence electrons. The monoisotopic (exact) mass is 289 g/mol. The van der Waals surface area contributed by atoms with Crippen molar-refractivity contribution in [2.75, 3.05) is 31.7 Å². The molecule has 0 aliphatic heterocycles. The van der Waals surface area contributed by atoms with Gasteiger partial charge in [0.05, 0.1) is 21.4 Å². The van der Waals surface area contributed by atoms with Crippen molar-refractivity contribution in [1.29, 1.82) is 0 Å². The lowest BCUT2D eigenvalue weighted by Gasteiger charge is -2.27. The summed E-state index contributed by atoms with van der Waals surface area (Å²) >= 11 is 11.9. The van der Waals surface area contributed by atoms with Gasteiger partial charge in [0.1, 0.15) is 0 Å². The average molecular weight is 290 g/mol. The normalized spacial score (nSPS) is 13.1. The minimum atomic E-state index is 0.305. The number of halogens is 2. The molecule has 1 unspecified atom stereocenters. The van der Waals surface area contributed by atoms with Crippen LogP contribution in [0.1, 0.15) is 13.8 Å². The topological polar surface area (TPSA) is 41.3 Å². The van der Waals surface area contributed by atoms with Gasteiger partial charge in [0.2, 0.25) is 0 Å². The number of rotatable bonds is 5. The average Bonchev–Trinajstić information content (AvgIpc) is 2.23. The van der Waals surface area contributed by atoms with E-state index in [0.29, 0.717) is 27.7 Å². The first-order chi connectivity index (χ1) is 8.31. The molecule has 5 heteroatoms. The second-order valence-electron chi connectivity index (χ2n) is 5.11. The summed E-state index contributed by atoms with van der Waals surface area (Å²) in [5.41, 5.74) is 7.41. The molecule has 1 atom stereocenters. The number of hydrogen-bond donors (Lipinski definition) is 2. The van der Waals surface area contributed by atoms with E-state index in [0.717, 1.165) is 12.2 Å². The van der Waals surface area contributed by atoms with Crippen LogP contribution < -0.4 is 11.1 Å². The first kappa shape index (κ1) is 15.4. The molecular weight excluding hydrogens is 269 g/mol. The maximum absolute atomic E-state index is 6.02. The number of nitrogen functional groups attached to an aromatic ring is 1. The van der Waals surface area contributed by atoms with Gasteiger partial charge in [-0.3, -0.25) is 0 Å². The van der Waals surface area contributed by atoms with Gasteiger partial charge in [-0.2, -0.15) is 0 Å². The van der Waals surface area contributed by atoms with Crippen LogP contribution in [0.3, 0.4) is 0 Å². The Labute approximate surface area is 119 Å². The van der Waals surface area contributed by atoms with Crippen LogP contribution in [0.25, 0.3) is 0 Å². The van der Waals surface area contributed by atoms with Crippen LogP contribution in [0, 0.1) is 5.92 Å². The van der Waals surface area contributed by atoms with Crippen molar-refractivity contribution in [3.8, 4) is 0 Å². The van der Waals surface area contributed by atoms with Crippen LogP contribution in [0.15, 0.2) is 12.1 Å². The molecule has 0 bridgehead atoms. The number of hydrogen-bond acceptors (Lipinski definition) is 3. The minimum Gasteiger partial charge on any atom is -0.397 e. The fraction of sp³-hybridized carbons (Fsp3) is 0.538. The third-order valence-electron chi connectivity index (χ3n) is 2.80. The molecule has 0 aromatic heterocycles. The number of anilines is 2. The lowest BCUT2D eigenvalue weighted by atomic mass is 10.0. The quantitative estimate of drug-likeness (QED) is 0.814. The number of nitrogens with two attached hydrogens (primary N) is 1. The minimum absolute atomic E-state index is 0.305. The molecule has 0 saturated heterocycles. The zero-order chi connectivity index (χ0) is 13.9. The summed E-state index contributed by atoms with van der Waals surface area (Å²) < 4.78 is 0. The van der Waals surface area contributed by atoms with E-state index in [1.54, 1.807) is 12.1 Å². The Morgan fingerprint density at radius 2 is 1.78 bits per heavy atom. The van der Waals surface area contributed by atoms with E-state index in [4.69, 9.17) is 28.9 Å². The Hall–Kier alpha value is -0.640. The summed E-state index contributed by atoms with van der Waals surface area (Å²) in [6.45, 7) is 5.28. The Kier molecular flexibility index (Phi) is 5.57. The molecule has 0 spiro atoms. The number of benzene rings is 1. The molecule has 0 fully saturated rings. The van der Waals surface area contributed by atoms with E-state index in [1.165, 1.54) is 0 Å². The molecule has 1 aromatic carbocycles. The van der Waals surface area contributed by atoms with Crippen molar-refractivity contribution in [3.05, 3.63) is 22.2 Å². The number of nitrogens with one attached hydrogen (secondary N) is 1. The smallest absolute Gasteiger partial charge is 0.0614 e. The largest absolute Gasteiger partial charge is 0.397 e. The van der Waals surface area contributed by atoms with E-state index in [-0.39, 0.29) is 0 Å². The molecule has 18 heavy (non-hydrogen) atoms. The van der Waals surface area contributed by atoms with Crippen LogP contribution in [0.2, 0.25) is 10.0 Å². The van der Waals surface area contributed by atoms with Crippen LogP contribution in [-0.2, 0) is 0 Å². The lowest BCUT2D eigenvalue weighted by Crippen LogP contribution is -2.36. The van der Waals surface area contributed by atoms with E-state index in [2.05, 4.69) is 38.2 Å². The standard InChI is InChI=1S/C13H21Cl2N3/c1-8(2)13(7-18(3)4)17-12-6-10(15)9(14)5-11(12)16/h5-6,8,13,17H,7,16H2,1-4H3. The molecule has 0 saturated carbocycles. The van der Waals surface area contributed by atoms with Gasteiger partial charge in [-0.1, -0.05) is 37.0 Å². The zero-order valence-corrected chi connectivity index (χ0v) is 12.8. The van der Waals surface area contributed by atoms with Crippen LogP contribution in [0.5, 0.6) is 0 Å². The summed E-state index contributed by atoms with van der Waals surface area (Å²) in [4.78, 5) is 2.14. The van der Waals surface area contributed by atoms with Crippen molar-refractivity contribution >= 4 is 34.6 Å². The summed E-state index contributed by atoms with van der Waals surface area (Å²) in [5, 5.41) is 4.43. The maximum Gasteiger partial charge on any atom is 0.0614 e. The van der Waals surface area contributed by atoms with Crippen molar-refractivity contribution in [2.45, 2.75) is 19.9 Å². The van der Waals surface area contributed by atoms with Crippen molar-refractivity contribution in [1.82, 2.24) is 4.90 Å². The van der Waals surface area contributed by atoms with Gasteiger partial charge in [-0.15, -0.1) is 0 Å². The lowest BCUT2D eigenvalue weighted by molar-refractivity contribution is 0.344. The molecular formula is C13H21Cl2N3. The van der Waals surface area contributed by atoms with Gasteiger partial charge in [-0.05, 0) is 32.1 Å². The summed E-state index contributed by atoms with van der Waals surface area (Å²) in [7, 11) is 4.10. The first-order valence-electron chi connectivity index (χ1n) is 5.97. The highest BCUT2D eigenvalue weighted by Crippen LogP contribution is 2.31. The molecule has 1 rings (SSSR count). The molecule has 0 radical (unpaired) electrons. The predicted octanol–water partition coefficient (Wildman–Crippen LogP) is 3.57. The molecule has 0 aliphatic carbocycles. The van der Waals surface area contributed by atoms with Crippen LogP contribution in [0.4, 0.5) is 11.4 Å². The summed E-state index contributed by atoms with van der Waals surface area (Å²) in [5.74, 6) is 0.487. The van der Waals surface area contributed by atoms with Gasteiger partial charge in [0.25, 0.3) is 0 Å². The second-order valence-corrected chi connectivity index (χ2v) is 5.93. The van der Waals surface area contributed by atoms with Gasteiger partial charge in [-0.25, -0.2) is 0 Å². The highest BCUT2D eigenvalue weighted by Gasteiger charge is 2.16. The van der Waals surface area contributed by atoms with Crippen LogP contribution in [-0.4, -0.2) is 31.6 Å². The molecule has 3 nitrogen and oxygen atoms in total. The molecule has 0 aliphatic rings. The SMILES string of the molecule is CC(C)C(CN(C)C)Nc1cc(Cl)c(Cl)cc1N. The third-order valence-corrected chi connectivity index (χ3v) is 3.52. The molecule has 3 N–H and O–H groups in total. The van der Waals surface area contributed by atoms with Gasteiger partial charge < -0.3 is 16.0 Å². The fourth-order valence-electron chi connectivity index (χ4n) is 1.70. The number of likely N-dealkylation sites (N-methyl/N-ethyl adjacent to an activating group) is 1. The summed E-state index contributed by atoms with van der Waals surface area (Å²) in [6.07, 6.45) is 0. The highest BCUT2D eigenvalue weighted by molar-refractivity contribution is 6.42. The van der Waals surface area contributed by atoms with E-state index in [1.807, 2.05) is 0 Å². The summed E-state index contributed by atoms with van der Waals surface area (Å²) in [6, 6.07) is 3.77. The molecule has 0 heterocycles. The Morgan fingerprint density at radius 1 is 1.22 bits per heavy atom. The second kappa shape index (κ2) is 6.50. The third kappa shape index (κ3) is 4.23. The fourth-order valence-corrected chi connectivity index (χ4v) is 2.04. The Balaban J connectivity index is 2.90. The van der Waals surface area contributed by atoms with Gasteiger partial charge in [0, 0.05) is 12.6 Å². The van der Waals surface area contributed by atoms with Crippen molar-refractivity contribution in [3.63, 3.8) is 0 Å². The first-order valence-corrected chi connectivity index (χ1v) is 6.72. The molecule has 0 amide bonds. The van der Waals surface area contributed by atoms with Gasteiger partial charge in [0.15, 0.2) is 0 Å². The Morgan fingerprint density at radius 3 is 2.28 bits per heavy atom. The van der Waals surface area contributed by atoms with Crippen LogP contribution >= 0.6 is 23.2 Å². The van der Waals surface area contributed by atoms with Gasteiger partial charge >= 0.3 is 0 Å². The molecule has 1 aromatic rings. The van der Waals surface area contributed by atoms with Crippen molar-refractivity contribution < 1.29 is 0 Å². The predicted molar refractivity (Wildman–Crippen MR) is 81.7 cm³/mol. The Bertz CT molecular complexity index is 405. The van der Waals surface area contributed by atoms with Crippen molar-refractivity contribution in [2.24, 2.45) is 5.92 Å². The number of nitrogens with zero attached hydrogens (tertiary/aromatic N) is 1. The van der Waals surface area contributed by atoms with E-state index in [9.17, 15) is 0 Å². The maximum atomic E-state index is 6.02.